The molecule has 15 heavy (non-hydrogen) atoms. The molecule has 1 unspecified atom stereocenters. The quantitative estimate of drug-likeness (QED) is 0.763. The van der Waals surface area contributed by atoms with Gasteiger partial charge < -0.3 is 9.73 Å². The van der Waals surface area contributed by atoms with Gasteiger partial charge in [0.05, 0.1) is 6.04 Å². The van der Waals surface area contributed by atoms with Gasteiger partial charge in [-0.05, 0) is 44.0 Å². The smallest absolute Gasteiger partial charge is 0.125 e. The normalized spacial score (nSPS) is 17.9. The van der Waals surface area contributed by atoms with Crippen molar-refractivity contribution in [2.75, 3.05) is 7.05 Å². The molecule has 0 bridgehead atoms. The van der Waals surface area contributed by atoms with E-state index in [-0.39, 0.29) is 6.04 Å². The molecule has 82 valence electrons. The van der Waals surface area contributed by atoms with E-state index in [0.717, 1.165) is 17.9 Å². The highest BCUT2D eigenvalue weighted by molar-refractivity contribution is 5.24. The van der Waals surface area contributed by atoms with E-state index in [4.69, 9.17) is 4.42 Å². The van der Waals surface area contributed by atoms with Crippen molar-refractivity contribution in [3.63, 3.8) is 0 Å². The minimum Gasteiger partial charge on any atom is -0.464 e. The van der Waals surface area contributed by atoms with Crippen LogP contribution in [0.25, 0.3) is 0 Å². The molecule has 0 saturated heterocycles. The maximum atomic E-state index is 5.79. The average Bonchev–Trinajstić information content (AvgIpc) is 2.89. The summed E-state index contributed by atoms with van der Waals surface area (Å²) in [6, 6.07) is 4.46. The molecule has 1 aromatic rings. The molecular weight excluding hydrogens is 186 g/mol. The summed E-state index contributed by atoms with van der Waals surface area (Å²) in [5.74, 6) is 2.13. The fraction of sp³-hybridized carbons (Fsp3) is 0.538. The Morgan fingerprint density at radius 1 is 1.47 bits per heavy atom. The van der Waals surface area contributed by atoms with Crippen molar-refractivity contribution in [3.05, 3.63) is 35.3 Å². The van der Waals surface area contributed by atoms with Gasteiger partial charge in [0.25, 0.3) is 0 Å². The van der Waals surface area contributed by atoms with Gasteiger partial charge in [0.2, 0.25) is 0 Å². The Balaban J connectivity index is 2.18. The molecular formula is C13H19NO. The lowest BCUT2D eigenvalue weighted by Crippen LogP contribution is -2.17. The highest BCUT2D eigenvalue weighted by atomic mass is 16.3. The summed E-state index contributed by atoms with van der Waals surface area (Å²) < 4.78 is 5.79. The molecule has 0 fully saturated rings. The zero-order valence-corrected chi connectivity index (χ0v) is 9.55. The topological polar surface area (TPSA) is 25.2 Å². The maximum Gasteiger partial charge on any atom is 0.125 e. The molecule has 0 aliphatic heterocycles. The molecule has 1 atom stereocenters. The second-order valence-corrected chi connectivity index (χ2v) is 4.05. The van der Waals surface area contributed by atoms with Crippen LogP contribution >= 0.6 is 0 Å². The minimum absolute atomic E-state index is 0.285. The first-order valence-electron chi connectivity index (χ1n) is 5.80. The fourth-order valence-electron chi connectivity index (χ4n) is 2.21. The van der Waals surface area contributed by atoms with E-state index >= 15 is 0 Å². The van der Waals surface area contributed by atoms with Crippen LogP contribution in [0.3, 0.4) is 0 Å². The summed E-state index contributed by atoms with van der Waals surface area (Å²) in [6.07, 6.45) is 7.02. The van der Waals surface area contributed by atoms with Crippen molar-refractivity contribution < 1.29 is 4.42 Å². The first-order valence-corrected chi connectivity index (χ1v) is 5.80. The van der Waals surface area contributed by atoms with Crippen LogP contribution in [0.1, 0.15) is 43.7 Å². The Morgan fingerprint density at radius 2 is 2.33 bits per heavy atom. The van der Waals surface area contributed by atoms with E-state index in [1.807, 2.05) is 7.05 Å². The fourth-order valence-corrected chi connectivity index (χ4v) is 2.21. The Bertz CT molecular complexity index is 351. The highest BCUT2D eigenvalue weighted by Crippen LogP contribution is 2.31. The summed E-state index contributed by atoms with van der Waals surface area (Å²) in [5, 5.41) is 3.34. The molecule has 1 N–H and O–H groups in total. The molecule has 1 aliphatic rings. The second-order valence-electron chi connectivity index (χ2n) is 4.05. The Hall–Kier alpha value is -1.02. The molecule has 1 heterocycles. The summed E-state index contributed by atoms with van der Waals surface area (Å²) in [7, 11) is 2.00. The molecule has 2 heteroatoms. The van der Waals surface area contributed by atoms with Crippen molar-refractivity contribution in [2.24, 2.45) is 0 Å². The average molecular weight is 205 g/mol. The zero-order chi connectivity index (χ0) is 10.7. The SMILES string of the molecule is CCc1ccc(C(NC)C2=CCCC2)o1. The van der Waals surface area contributed by atoms with Crippen molar-refractivity contribution in [2.45, 2.75) is 38.6 Å². The molecule has 0 radical (unpaired) electrons. The Morgan fingerprint density at radius 3 is 2.87 bits per heavy atom. The van der Waals surface area contributed by atoms with Gasteiger partial charge in [-0.15, -0.1) is 0 Å². The van der Waals surface area contributed by atoms with E-state index in [0.29, 0.717) is 0 Å². The number of furan rings is 1. The van der Waals surface area contributed by atoms with Crippen LogP contribution in [0.2, 0.25) is 0 Å². The number of rotatable bonds is 4. The number of allylic oxidation sites excluding steroid dienone is 1. The summed E-state index contributed by atoms with van der Waals surface area (Å²) in [5.41, 5.74) is 1.48. The predicted molar refractivity (Wildman–Crippen MR) is 61.8 cm³/mol. The third kappa shape index (κ3) is 2.15. The van der Waals surface area contributed by atoms with E-state index in [1.165, 1.54) is 24.8 Å². The first kappa shape index (κ1) is 10.5. The van der Waals surface area contributed by atoms with Gasteiger partial charge in [-0.1, -0.05) is 13.0 Å². The van der Waals surface area contributed by atoms with Crippen molar-refractivity contribution in [1.29, 1.82) is 0 Å². The van der Waals surface area contributed by atoms with Gasteiger partial charge in [0.1, 0.15) is 11.5 Å². The highest BCUT2D eigenvalue weighted by Gasteiger charge is 2.20. The molecule has 1 aliphatic carbocycles. The summed E-state index contributed by atoms with van der Waals surface area (Å²) in [6.45, 7) is 2.12. The number of nitrogens with one attached hydrogen (secondary N) is 1. The van der Waals surface area contributed by atoms with Crippen molar-refractivity contribution in [1.82, 2.24) is 5.32 Å². The van der Waals surface area contributed by atoms with Crippen molar-refractivity contribution in [3.8, 4) is 0 Å². The Kier molecular flexibility index (Phi) is 3.27. The van der Waals surface area contributed by atoms with Crippen LogP contribution in [-0.4, -0.2) is 7.05 Å². The maximum absolute atomic E-state index is 5.79. The van der Waals surface area contributed by atoms with E-state index in [2.05, 4.69) is 30.4 Å². The Labute approximate surface area is 91.4 Å². The van der Waals surface area contributed by atoms with E-state index in [9.17, 15) is 0 Å². The molecule has 0 spiro atoms. The van der Waals surface area contributed by atoms with Gasteiger partial charge in [-0.3, -0.25) is 0 Å². The monoisotopic (exact) mass is 205 g/mol. The third-order valence-electron chi connectivity index (χ3n) is 3.05. The third-order valence-corrected chi connectivity index (χ3v) is 3.05. The van der Waals surface area contributed by atoms with Crippen LogP contribution < -0.4 is 5.32 Å². The van der Waals surface area contributed by atoms with Crippen LogP contribution in [0.5, 0.6) is 0 Å². The minimum atomic E-state index is 0.285. The second kappa shape index (κ2) is 4.67. The van der Waals surface area contributed by atoms with Crippen LogP contribution in [0, 0.1) is 0 Å². The van der Waals surface area contributed by atoms with Crippen LogP contribution in [0.15, 0.2) is 28.2 Å². The van der Waals surface area contributed by atoms with E-state index < -0.39 is 0 Å². The van der Waals surface area contributed by atoms with Crippen LogP contribution in [-0.2, 0) is 6.42 Å². The van der Waals surface area contributed by atoms with Gasteiger partial charge in [-0.25, -0.2) is 0 Å². The molecule has 0 aromatic carbocycles. The summed E-state index contributed by atoms with van der Waals surface area (Å²) in [4.78, 5) is 0. The number of likely N-dealkylation sites (N-methyl/N-ethyl adjacent to an activating group) is 1. The first-order chi connectivity index (χ1) is 7.35. The molecule has 2 rings (SSSR count). The lowest BCUT2D eigenvalue weighted by molar-refractivity contribution is 0.428. The standard InChI is InChI=1S/C13H19NO/c1-3-11-8-9-12(15-11)13(14-2)10-6-4-5-7-10/h6,8-9,13-14H,3-5,7H2,1-2H3. The molecule has 0 amide bonds. The molecule has 1 aromatic heterocycles. The number of hydrogen-bond donors (Lipinski definition) is 1. The largest absolute Gasteiger partial charge is 0.464 e. The zero-order valence-electron chi connectivity index (χ0n) is 9.55. The van der Waals surface area contributed by atoms with Gasteiger partial charge in [-0.2, -0.15) is 0 Å². The number of hydrogen-bond acceptors (Lipinski definition) is 2. The molecule has 0 saturated carbocycles. The van der Waals surface area contributed by atoms with Gasteiger partial charge >= 0.3 is 0 Å². The predicted octanol–water partition coefficient (Wildman–Crippen LogP) is 3.21. The van der Waals surface area contributed by atoms with Crippen LogP contribution in [0.4, 0.5) is 0 Å². The molecule has 2 nitrogen and oxygen atoms in total. The number of aryl methyl sites for hydroxylation is 1. The lowest BCUT2D eigenvalue weighted by Gasteiger charge is -2.14. The van der Waals surface area contributed by atoms with Gasteiger partial charge in [0, 0.05) is 6.42 Å². The van der Waals surface area contributed by atoms with E-state index in [1.54, 1.807) is 0 Å². The van der Waals surface area contributed by atoms with Crippen molar-refractivity contribution >= 4 is 0 Å². The lowest BCUT2D eigenvalue weighted by atomic mass is 10.0. The summed E-state index contributed by atoms with van der Waals surface area (Å²) >= 11 is 0. The van der Waals surface area contributed by atoms with Gasteiger partial charge in [0.15, 0.2) is 0 Å².